The van der Waals surface area contributed by atoms with Crippen molar-refractivity contribution in [2.75, 3.05) is 20.1 Å². The highest BCUT2D eigenvalue weighted by Gasteiger charge is 2.16. The Bertz CT molecular complexity index is 614. The second kappa shape index (κ2) is 9.08. The Labute approximate surface area is 144 Å². The van der Waals surface area contributed by atoms with Crippen molar-refractivity contribution in [3.63, 3.8) is 0 Å². The van der Waals surface area contributed by atoms with Gasteiger partial charge in [-0.25, -0.2) is 4.79 Å². The number of amides is 2. The van der Waals surface area contributed by atoms with Crippen LogP contribution in [0, 0.1) is 0 Å². The molecule has 2 rings (SSSR count). The maximum Gasteiger partial charge on any atom is 0.317 e. The van der Waals surface area contributed by atoms with Gasteiger partial charge in [-0.1, -0.05) is 60.7 Å². The molecule has 2 unspecified atom stereocenters. The topological polar surface area (TPSA) is 52.6 Å². The van der Waals surface area contributed by atoms with Crippen molar-refractivity contribution in [2.45, 2.75) is 25.4 Å². The normalized spacial score (nSPS) is 13.1. The van der Waals surface area contributed by atoms with E-state index in [1.807, 2.05) is 36.4 Å². The fourth-order valence-electron chi connectivity index (χ4n) is 2.76. The molecule has 2 amide bonds. The van der Waals surface area contributed by atoms with Gasteiger partial charge in [0.05, 0.1) is 6.10 Å². The van der Waals surface area contributed by atoms with Crippen molar-refractivity contribution in [1.29, 1.82) is 0 Å². The van der Waals surface area contributed by atoms with Crippen molar-refractivity contribution >= 4 is 6.03 Å². The predicted molar refractivity (Wildman–Crippen MR) is 97.0 cm³/mol. The number of aliphatic hydroxyl groups is 1. The molecule has 0 saturated heterocycles. The summed E-state index contributed by atoms with van der Waals surface area (Å²) < 4.78 is 0. The maximum atomic E-state index is 12.2. The smallest absolute Gasteiger partial charge is 0.317 e. The van der Waals surface area contributed by atoms with E-state index in [-0.39, 0.29) is 11.9 Å². The van der Waals surface area contributed by atoms with Crippen LogP contribution in [0.2, 0.25) is 0 Å². The molecule has 2 N–H and O–H groups in total. The highest BCUT2D eigenvalue weighted by molar-refractivity contribution is 5.73. The number of nitrogens with zero attached hydrogens (tertiary/aromatic N) is 1. The van der Waals surface area contributed by atoms with Gasteiger partial charge < -0.3 is 15.3 Å². The quantitative estimate of drug-likeness (QED) is 0.822. The zero-order chi connectivity index (χ0) is 17.4. The third-order valence-electron chi connectivity index (χ3n) is 3.98. The van der Waals surface area contributed by atoms with E-state index in [9.17, 15) is 9.90 Å². The Hall–Kier alpha value is -2.33. The van der Waals surface area contributed by atoms with Gasteiger partial charge >= 0.3 is 6.03 Å². The Balaban J connectivity index is 2.02. The minimum Gasteiger partial charge on any atom is -0.392 e. The van der Waals surface area contributed by atoms with Crippen LogP contribution in [-0.2, 0) is 6.42 Å². The summed E-state index contributed by atoms with van der Waals surface area (Å²) in [5, 5.41) is 12.4. The van der Waals surface area contributed by atoms with E-state index < -0.39 is 6.10 Å². The predicted octanol–water partition coefficient (Wildman–Crippen LogP) is 3.04. The molecule has 4 nitrogen and oxygen atoms in total. The van der Waals surface area contributed by atoms with Crippen LogP contribution in [0.1, 0.15) is 24.0 Å². The molecule has 4 heteroatoms. The van der Waals surface area contributed by atoms with Gasteiger partial charge in [-0.2, -0.15) is 0 Å². The van der Waals surface area contributed by atoms with Crippen LogP contribution < -0.4 is 5.32 Å². The van der Waals surface area contributed by atoms with Gasteiger partial charge in [0.15, 0.2) is 0 Å². The number of urea groups is 1. The van der Waals surface area contributed by atoms with E-state index in [4.69, 9.17) is 0 Å². The van der Waals surface area contributed by atoms with E-state index in [0.29, 0.717) is 13.1 Å². The molecule has 0 radical (unpaired) electrons. The first-order valence-electron chi connectivity index (χ1n) is 8.32. The first-order chi connectivity index (χ1) is 11.6. The summed E-state index contributed by atoms with van der Waals surface area (Å²) in [4.78, 5) is 13.7. The average molecular weight is 326 g/mol. The molecule has 2 aromatic carbocycles. The Kier molecular flexibility index (Phi) is 6.82. The second-order valence-corrected chi connectivity index (χ2v) is 6.21. The zero-order valence-electron chi connectivity index (χ0n) is 14.4. The SMILES string of the molecule is CC(O)CN(C)C(=O)NCC(Cc1ccccc1)c1ccccc1. The van der Waals surface area contributed by atoms with Crippen molar-refractivity contribution in [1.82, 2.24) is 10.2 Å². The minimum absolute atomic E-state index is 0.162. The van der Waals surface area contributed by atoms with Gasteiger partial charge in [0.25, 0.3) is 0 Å². The Morgan fingerprint density at radius 1 is 1.08 bits per heavy atom. The summed E-state index contributed by atoms with van der Waals surface area (Å²) >= 11 is 0. The zero-order valence-corrected chi connectivity index (χ0v) is 14.4. The van der Waals surface area contributed by atoms with Crippen molar-refractivity contribution < 1.29 is 9.90 Å². The van der Waals surface area contributed by atoms with Gasteiger partial charge in [-0.3, -0.25) is 0 Å². The first-order valence-corrected chi connectivity index (χ1v) is 8.32. The molecule has 0 aliphatic rings. The summed E-state index contributed by atoms with van der Waals surface area (Å²) in [5.41, 5.74) is 2.46. The van der Waals surface area contributed by atoms with Gasteiger partial charge in [-0.05, 0) is 24.5 Å². The van der Waals surface area contributed by atoms with Crippen LogP contribution in [0.5, 0.6) is 0 Å². The molecule has 128 valence electrons. The van der Waals surface area contributed by atoms with Gasteiger partial charge in [-0.15, -0.1) is 0 Å². The average Bonchev–Trinajstić information content (AvgIpc) is 2.59. The lowest BCUT2D eigenvalue weighted by Gasteiger charge is -2.23. The molecule has 0 heterocycles. The lowest BCUT2D eigenvalue weighted by Crippen LogP contribution is -2.42. The van der Waals surface area contributed by atoms with Crippen LogP contribution >= 0.6 is 0 Å². The van der Waals surface area contributed by atoms with Crippen molar-refractivity contribution in [2.24, 2.45) is 0 Å². The fraction of sp³-hybridized carbons (Fsp3) is 0.350. The monoisotopic (exact) mass is 326 g/mol. The minimum atomic E-state index is -0.532. The Morgan fingerprint density at radius 3 is 2.25 bits per heavy atom. The van der Waals surface area contributed by atoms with E-state index in [2.05, 4.69) is 29.6 Å². The molecule has 0 saturated carbocycles. The number of benzene rings is 2. The van der Waals surface area contributed by atoms with E-state index >= 15 is 0 Å². The van der Waals surface area contributed by atoms with Gasteiger partial charge in [0.2, 0.25) is 0 Å². The number of likely N-dealkylation sites (N-methyl/N-ethyl adjacent to an activating group) is 1. The number of hydrogen-bond donors (Lipinski definition) is 2. The summed E-state index contributed by atoms with van der Waals surface area (Å²) in [6.45, 7) is 2.55. The number of rotatable bonds is 7. The van der Waals surface area contributed by atoms with Gasteiger partial charge in [0.1, 0.15) is 0 Å². The maximum absolute atomic E-state index is 12.2. The van der Waals surface area contributed by atoms with Gasteiger partial charge in [0, 0.05) is 26.1 Å². The third kappa shape index (κ3) is 5.70. The lowest BCUT2D eigenvalue weighted by molar-refractivity contribution is 0.143. The molecule has 0 aromatic heterocycles. The van der Waals surface area contributed by atoms with Crippen molar-refractivity contribution in [3.05, 3.63) is 71.8 Å². The molecule has 0 aliphatic carbocycles. The molecular weight excluding hydrogens is 300 g/mol. The summed E-state index contributed by atoms with van der Waals surface area (Å²) in [6, 6.07) is 20.4. The molecule has 24 heavy (non-hydrogen) atoms. The standard InChI is InChI=1S/C20H26N2O2/c1-16(23)15-22(2)20(24)21-14-19(18-11-7-4-8-12-18)13-17-9-5-3-6-10-17/h3-12,16,19,23H,13-15H2,1-2H3,(H,21,24). The lowest BCUT2D eigenvalue weighted by atomic mass is 9.92. The van der Waals surface area contributed by atoms with E-state index in [1.165, 1.54) is 16.0 Å². The highest BCUT2D eigenvalue weighted by Crippen LogP contribution is 2.20. The number of hydrogen-bond acceptors (Lipinski definition) is 2. The second-order valence-electron chi connectivity index (χ2n) is 6.21. The third-order valence-corrected chi connectivity index (χ3v) is 3.98. The molecule has 2 aromatic rings. The number of nitrogens with one attached hydrogen (secondary N) is 1. The number of aliphatic hydroxyl groups excluding tert-OH is 1. The van der Waals surface area contributed by atoms with Crippen LogP contribution in [-0.4, -0.2) is 42.3 Å². The van der Waals surface area contributed by atoms with Crippen LogP contribution in [0.15, 0.2) is 60.7 Å². The van der Waals surface area contributed by atoms with Crippen LogP contribution in [0.4, 0.5) is 4.79 Å². The van der Waals surface area contributed by atoms with E-state index in [0.717, 1.165) is 6.42 Å². The molecular formula is C20H26N2O2. The van der Waals surface area contributed by atoms with Crippen LogP contribution in [0.25, 0.3) is 0 Å². The fourth-order valence-corrected chi connectivity index (χ4v) is 2.76. The largest absolute Gasteiger partial charge is 0.392 e. The summed E-state index contributed by atoms with van der Waals surface area (Å²) in [6.07, 6.45) is 0.334. The molecule has 0 bridgehead atoms. The highest BCUT2D eigenvalue weighted by atomic mass is 16.3. The van der Waals surface area contributed by atoms with E-state index in [1.54, 1.807) is 14.0 Å². The van der Waals surface area contributed by atoms with Crippen molar-refractivity contribution in [3.8, 4) is 0 Å². The first kappa shape index (κ1) is 18.0. The Morgan fingerprint density at radius 2 is 1.67 bits per heavy atom. The van der Waals surface area contributed by atoms with Crippen LogP contribution in [0.3, 0.4) is 0 Å². The number of carbonyl (C=O) groups is 1. The molecule has 0 spiro atoms. The summed E-state index contributed by atoms with van der Waals surface area (Å²) in [5.74, 6) is 0.206. The molecule has 2 atom stereocenters. The molecule has 0 aliphatic heterocycles. The number of carbonyl (C=O) groups excluding carboxylic acids is 1. The molecule has 0 fully saturated rings. The summed E-state index contributed by atoms with van der Waals surface area (Å²) in [7, 11) is 1.69.